The standard InChI is InChI=1S/C15H15Cl2N3O/c1-3-14(21)20(4-2)15-18-8-10(9-19-15)12-6-5-11(16)7-13(12)17/h5-9H,3-4H2,1-2H3. The van der Waals surface area contributed by atoms with Crippen molar-refractivity contribution in [3.05, 3.63) is 40.6 Å². The summed E-state index contributed by atoms with van der Waals surface area (Å²) in [5.74, 6) is 0.396. The molecule has 4 nitrogen and oxygen atoms in total. The minimum absolute atomic E-state index is 0.00484. The molecular formula is C15H15Cl2N3O. The number of benzene rings is 1. The maximum absolute atomic E-state index is 11.8. The van der Waals surface area contributed by atoms with Crippen molar-refractivity contribution >= 4 is 35.1 Å². The van der Waals surface area contributed by atoms with E-state index >= 15 is 0 Å². The van der Waals surface area contributed by atoms with Crippen LogP contribution in [0.25, 0.3) is 11.1 Å². The van der Waals surface area contributed by atoms with Crippen molar-refractivity contribution in [2.75, 3.05) is 11.4 Å². The van der Waals surface area contributed by atoms with Crippen molar-refractivity contribution in [3.8, 4) is 11.1 Å². The van der Waals surface area contributed by atoms with Gasteiger partial charge in [-0.25, -0.2) is 9.97 Å². The van der Waals surface area contributed by atoms with Gasteiger partial charge in [0, 0.05) is 46.5 Å². The average molecular weight is 324 g/mol. The van der Waals surface area contributed by atoms with E-state index in [1.54, 1.807) is 29.4 Å². The first-order valence-electron chi connectivity index (χ1n) is 6.64. The Morgan fingerprint density at radius 3 is 2.38 bits per heavy atom. The molecule has 0 atom stereocenters. The largest absolute Gasteiger partial charge is 0.281 e. The van der Waals surface area contributed by atoms with E-state index in [1.807, 2.05) is 19.9 Å². The Morgan fingerprint density at radius 1 is 1.19 bits per heavy atom. The molecule has 0 saturated carbocycles. The minimum atomic E-state index is -0.00484. The molecule has 21 heavy (non-hydrogen) atoms. The number of rotatable bonds is 4. The fourth-order valence-corrected chi connectivity index (χ4v) is 2.46. The lowest BCUT2D eigenvalue weighted by Gasteiger charge is -2.18. The van der Waals surface area contributed by atoms with Gasteiger partial charge in [0.25, 0.3) is 0 Å². The predicted octanol–water partition coefficient (Wildman–Crippen LogP) is 4.21. The number of anilines is 1. The van der Waals surface area contributed by atoms with Crippen molar-refractivity contribution in [2.24, 2.45) is 0 Å². The van der Waals surface area contributed by atoms with Crippen LogP contribution in [0, 0.1) is 0 Å². The molecule has 0 N–H and O–H groups in total. The van der Waals surface area contributed by atoms with Crippen LogP contribution in [0.5, 0.6) is 0 Å². The van der Waals surface area contributed by atoms with Crippen molar-refractivity contribution in [1.82, 2.24) is 9.97 Å². The Kier molecular flexibility index (Phi) is 5.15. The third-order valence-electron chi connectivity index (χ3n) is 3.04. The van der Waals surface area contributed by atoms with Crippen LogP contribution in [0.1, 0.15) is 20.3 Å². The molecule has 2 rings (SSSR count). The number of nitrogens with zero attached hydrogens (tertiary/aromatic N) is 3. The first-order chi connectivity index (χ1) is 10.1. The Balaban J connectivity index is 2.32. The van der Waals surface area contributed by atoms with Gasteiger partial charge in [0.2, 0.25) is 11.9 Å². The average Bonchev–Trinajstić information content (AvgIpc) is 2.49. The number of hydrogen-bond donors (Lipinski definition) is 0. The van der Waals surface area contributed by atoms with E-state index < -0.39 is 0 Å². The van der Waals surface area contributed by atoms with E-state index in [0.717, 1.165) is 11.1 Å². The van der Waals surface area contributed by atoms with Gasteiger partial charge < -0.3 is 0 Å². The molecule has 0 aliphatic rings. The molecule has 0 spiro atoms. The number of aromatic nitrogens is 2. The fraction of sp³-hybridized carbons (Fsp3) is 0.267. The summed E-state index contributed by atoms with van der Waals surface area (Å²) in [7, 11) is 0. The normalized spacial score (nSPS) is 10.5. The summed E-state index contributed by atoms with van der Waals surface area (Å²) in [6, 6.07) is 5.25. The van der Waals surface area contributed by atoms with E-state index in [4.69, 9.17) is 23.2 Å². The number of carbonyl (C=O) groups excluding carboxylic acids is 1. The van der Waals surface area contributed by atoms with Crippen LogP contribution in [-0.4, -0.2) is 22.4 Å². The molecule has 1 aromatic carbocycles. The highest BCUT2D eigenvalue weighted by molar-refractivity contribution is 6.36. The highest BCUT2D eigenvalue weighted by Gasteiger charge is 2.15. The summed E-state index contributed by atoms with van der Waals surface area (Å²) in [4.78, 5) is 21.9. The van der Waals surface area contributed by atoms with Crippen LogP contribution in [0.4, 0.5) is 5.95 Å². The number of amides is 1. The summed E-state index contributed by atoms with van der Waals surface area (Å²) >= 11 is 12.0. The van der Waals surface area contributed by atoms with Gasteiger partial charge in [0.05, 0.1) is 0 Å². The Labute approximate surface area is 133 Å². The lowest BCUT2D eigenvalue weighted by atomic mass is 10.1. The molecule has 1 heterocycles. The van der Waals surface area contributed by atoms with Crippen molar-refractivity contribution in [3.63, 3.8) is 0 Å². The van der Waals surface area contributed by atoms with E-state index in [1.165, 1.54) is 0 Å². The van der Waals surface area contributed by atoms with E-state index in [9.17, 15) is 4.79 Å². The topological polar surface area (TPSA) is 46.1 Å². The molecule has 0 bridgehead atoms. The van der Waals surface area contributed by atoms with Crippen LogP contribution in [-0.2, 0) is 4.79 Å². The van der Waals surface area contributed by atoms with Crippen molar-refractivity contribution in [2.45, 2.75) is 20.3 Å². The van der Waals surface area contributed by atoms with Gasteiger partial charge in [-0.2, -0.15) is 0 Å². The summed E-state index contributed by atoms with van der Waals surface area (Å²) < 4.78 is 0. The molecule has 110 valence electrons. The molecule has 0 unspecified atom stereocenters. The zero-order chi connectivity index (χ0) is 15.4. The van der Waals surface area contributed by atoms with Crippen LogP contribution in [0.2, 0.25) is 10.0 Å². The summed E-state index contributed by atoms with van der Waals surface area (Å²) in [6.07, 6.45) is 3.73. The number of carbonyl (C=O) groups is 1. The zero-order valence-electron chi connectivity index (χ0n) is 11.8. The smallest absolute Gasteiger partial charge is 0.232 e. The summed E-state index contributed by atoms with van der Waals surface area (Å²) in [5.41, 5.74) is 1.58. The Bertz CT molecular complexity index is 644. The molecule has 1 amide bonds. The molecular weight excluding hydrogens is 309 g/mol. The Morgan fingerprint density at radius 2 is 1.86 bits per heavy atom. The second-order valence-corrected chi connectivity index (χ2v) is 5.23. The van der Waals surface area contributed by atoms with Crippen LogP contribution in [0.3, 0.4) is 0 Å². The van der Waals surface area contributed by atoms with E-state index in [2.05, 4.69) is 9.97 Å². The van der Waals surface area contributed by atoms with Crippen molar-refractivity contribution in [1.29, 1.82) is 0 Å². The SMILES string of the molecule is CCC(=O)N(CC)c1ncc(-c2ccc(Cl)cc2Cl)cn1. The van der Waals surface area contributed by atoms with Gasteiger partial charge >= 0.3 is 0 Å². The van der Waals surface area contributed by atoms with Gasteiger partial charge in [-0.15, -0.1) is 0 Å². The quantitative estimate of drug-likeness (QED) is 0.846. The zero-order valence-corrected chi connectivity index (χ0v) is 13.3. The summed E-state index contributed by atoms with van der Waals surface area (Å²) in [6.45, 7) is 4.24. The lowest BCUT2D eigenvalue weighted by Crippen LogP contribution is -2.31. The highest BCUT2D eigenvalue weighted by Crippen LogP contribution is 2.29. The van der Waals surface area contributed by atoms with Gasteiger partial charge in [0.1, 0.15) is 0 Å². The van der Waals surface area contributed by atoms with Gasteiger partial charge in [0.15, 0.2) is 0 Å². The van der Waals surface area contributed by atoms with Crippen LogP contribution >= 0.6 is 23.2 Å². The van der Waals surface area contributed by atoms with Crippen LogP contribution in [0.15, 0.2) is 30.6 Å². The van der Waals surface area contributed by atoms with E-state index in [-0.39, 0.29) is 5.91 Å². The minimum Gasteiger partial charge on any atom is -0.281 e. The van der Waals surface area contributed by atoms with Gasteiger partial charge in [-0.3, -0.25) is 9.69 Å². The van der Waals surface area contributed by atoms with Crippen LogP contribution < -0.4 is 4.90 Å². The summed E-state index contributed by atoms with van der Waals surface area (Å²) in [5, 5.41) is 1.11. The molecule has 6 heteroatoms. The number of halogens is 2. The maximum atomic E-state index is 11.8. The predicted molar refractivity (Wildman–Crippen MR) is 85.8 cm³/mol. The third-order valence-corrected chi connectivity index (χ3v) is 3.59. The maximum Gasteiger partial charge on any atom is 0.232 e. The van der Waals surface area contributed by atoms with E-state index in [0.29, 0.717) is 29.0 Å². The highest BCUT2D eigenvalue weighted by atomic mass is 35.5. The second-order valence-electron chi connectivity index (χ2n) is 4.39. The molecule has 2 aromatic rings. The monoisotopic (exact) mass is 323 g/mol. The lowest BCUT2D eigenvalue weighted by molar-refractivity contribution is -0.118. The molecule has 0 radical (unpaired) electrons. The molecule has 0 fully saturated rings. The third kappa shape index (κ3) is 3.52. The molecule has 0 aliphatic heterocycles. The second kappa shape index (κ2) is 6.87. The fourth-order valence-electron chi connectivity index (χ4n) is 1.94. The molecule has 0 saturated heterocycles. The van der Waals surface area contributed by atoms with Gasteiger partial charge in [-0.1, -0.05) is 36.2 Å². The number of hydrogen-bond acceptors (Lipinski definition) is 3. The van der Waals surface area contributed by atoms with Gasteiger partial charge in [-0.05, 0) is 19.1 Å². The first kappa shape index (κ1) is 15.7. The Hall–Kier alpha value is -1.65. The molecule has 0 aliphatic carbocycles. The first-order valence-corrected chi connectivity index (χ1v) is 7.40. The molecule has 1 aromatic heterocycles. The van der Waals surface area contributed by atoms with Crippen molar-refractivity contribution < 1.29 is 4.79 Å².